The summed E-state index contributed by atoms with van der Waals surface area (Å²) in [4.78, 5) is 4.95. The minimum atomic E-state index is 0.206. The van der Waals surface area contributed by atoms with Gasteiger partial charge in [0.25, 0.3) is 0 Å². The summed E-state index contributed by atoms with van der Waals surface area (Å²) < 4.78 is 1.08. The summed E-state index contributed by atoms with van der Waals surface area (Å²) >= 11 is 3.51. The summed E-state index contributed by atoms with van der Waals surface area (Å²) in [5.41, 5.74) is 5.62. The molecule has 2 nitrogen and oxygen atoms in total. The number of para-hydroxylation sites is 2. The molecule has 3 aromatic carbocycles. The maximum Gasteiger partial charge on any atom is 0.0864 e. The lowest BCUT2D eigenvalue weighted by Gasteiger charge is -2.19. The molecular weight excluding hydrogens is 360 g/mol. The first-order valence-electron chi connectivity index (χ1n) is 8.03. The Morgan fingerprint density at radius 2 is 1.54 bits per heavy atom. The van der Waals surface area contributed by atoms with E-state index in [2.05, 4.69) is 88.0 Å². The molecule has 1 heterocycles. The van der Waals surface area contributed by atoms with Crippen molar-refractivity contribution in [3.05, 3.63) is 94.5 Å². The molecule has 1 unspecified atom stereocenters. The number of rotatable bonds is 2. The number of halogens is 1. The van der Waals surface area contributed by atoms with Crippen LogP contribution < -0.4 is 5.32 Å². The Morgan fingerprint density at radius 1 is 0.833 bits per heavy atom. The number of benzene rings is 3. The molecular formula is C21H17BrN2. The van der Waals surface area contributed by atoms with Crippen LogP contribution in [0.1, 0.15) is 23.6 Å². The van der Waals surface area contributed by atoms with Crippen molar-refractivity contribution >= 4 is 33.0 Å². The molecule has 3 heteroatoms. The van der Waals surface area contributed by atoms with Gasteiger partial charge in [0.15, 0.2) is 0 Å². The number of nitrogens with zero attached hydrogens (tertiary/aromatic N) is 1. The van der Waals surface area contributed by atoms with Crippen molar-refractivity contribution < 1.29 is 0 Å². The largest absolute Gasteiger partial charge is 0.376 e. The predicted molar refractivity (Wildman–Crippen MR) is 104 cm³/mol. The van der Waals surface area contributed by atoms with E-state index in [0.717, 1.165) is 33.5 Å². The molecule has 3 aromatic rings. The molecule has 0 amide bonds. The lowest BCUT2D eigenvalue weighted by atomic mass is 9.97. The fraction of sp³-hybridized carbons (Fsp3) is 0.0952. The van der Waals surface area contributed by atoms with Gasteiger partial charge in [0.1, 0.15) is 0 Å². The van der Waals surface area contributed by atoms with Crippen LogP contribution >= 0.6 is 15.9 Å². The number of fused-ring (bicyclic) bond motifs is 1. The molecule has 4 rings (SSSR count). The van der Waals surface area contributed by atoms with E-state index in [4.69, 9.17) is 4.99 Å². The first kappa shape index (κ1) is 15.2. The third kappa shape index (κ3) is 3.13. The minimum absolute atomic E-state index is 0.206. The Balaban J connectivity index is 1.80. The summed E-state index contributed by atoms with van der Waals surface area (Å²) in [5, 5.41) is 3.66. The molecule has 1 N–H and O–H groups in total. The Hall–Kier alpha value is -2.39. The van der Waals surface area contributed by atoms with Crippen molar-refractivity contribution in [1.82, 2.24) is 0 Å². The summed E-state index contributed by atoms with van der Waals surface area (Å²) in [6, 6.07) is 27.4. The first-order valence-corrected chi connectivity index (χ1v) is 8.83. The zero-order valence-electron chi connectivity index (χ0n) is 13.1. The molecule has 0 radical (unpaired) electrons. The number of anilines is 1. The van der Waals surface area contributed by atoms with Gasteiger partial charge in [0.05, 0.1) is 23.1 Å². The zero-order valence-corrected chi connectivity index (χ0v) is 14.7. The monoisotopic (exact) mass is 376 g/mol. The van der Waals surface area contributed by atoms with Gasteiger partial charge in [-0.05, 0) is 35.4 Å². The van der Waals surface area contributed by atoms with E-state index in [9.17, 15) is 0 Å². The smallest absolute Gasteiger partial charge is 0.0864 e. The fourth-order valence-corrected chi connectivity index (χ4v) is 3.29. The molecule has 0 saturated heterocycles. The Bertz CT molecular complexity index is 870. The average molecular weight is 377 g/mol. The lowest BCUT2D eigenvalue weighted by Crippen LogP contribution is -2.14. The van der Waals surface area contributed by atoms with Gasteiger partial charge in [-0.1, -0.05) is 70.5 Å². The van der Waals surface area contributed by atoms with Gasteiger partial charge in [-0.3, -0.25) is 4.99 Å². The topological polar surface area (TPSA) is 24.4 Å². The molecule has 118 valence electrons. The second-order valence-corrected chi connectivity index (χ2v) is 6.81. The van der Waals surface area contributed by atoms with Gasteiger partial charge in [-0.2, -0.15) is 0 Å². The maximum absolute atomic E-state index is 4.95. The predicted octanol–water partition coefficient (Wildman–Crippen LogP) is 6.13. The van der Waals surface area contributed by atoms with Crippen molar-refractivity contribution in [3.63, 3.8) is 0 Å². The first-order chi connectivity index (χ1) is 11.8. The second kappa shape index (κ2) is 6.62. The van der Waals surface area contributed by atoms with Crippen molar-refractivity contribution in [2.45, 2.75) is 12.5 Å². The van der Waals surface area contributed by atoms with E-state index < -0.39 is 0 Å². The molecule has 1 atom stereocenters. The van der Waals surface area contributed by atoms with Gasteiger partial charge in [0.2, 0.25) is 0 Å². The number of aliphatic imine (C=N–C) groups is 1. The van der Waals surface area contributed by atoms with Crippen LogP contribution in [-0.4, -0.2) is 5.71 Å². The lowest BCUT2D eigenvalue weighted by molar-refractivity contribution is 0.828. The van der Waals surface area contributed by atoms with Crippen molar-refractivity contribution in [1.29, 1.82) is 0 Å². The number of nitrogens with one attached hydrogen (secondary N) is 1. The van der Waals surface area contributed by atoms with Crippen molar-refractivity contribution in [3.8, 4) is 0 Å². The molecule has 1 aliphatic heterocycles. The summed E-state index contributed by atoms with van der Waals surface area (Å²) in [6.45, 7) is 0. The highest BCUT2D eigenvalue weighted by molar-refractivity contribution is 9.10. The molecule has 0 spiro atoms. The van der Waals surface area contributed by atoms with Gasteiger partial charge in [0, 0.05) is 10.9 Å². The van der Waals surface area contributed by atoms with E-state index in [0.29, 0.717) is 0 Å². The van der Waals surface area contributed by atoms with Gasteiger partial charge in [-0.15, -0.1) is 0 Å². The third-order valence-electron chi connectivity index (χ3n) is 4.27. The van der Waals surface area contributed by atoms with Crippen LogP contribution in [0.2, 0.25) is 0 Å². The Morgan fingerprint density at radius 3 is 2.33 bits per heavy atom. The van der Waals surface area contributed by atoms with Crippen molar-refractivity contribution in [2.75, 3.05) is 5.32 Å². The summed E-state index contributed by atoms with van der Waals surface area (Å²) in [7, 11) is 0. The quantitative estimate of drug-likeness (QED) is 0.571. The van der Waals surface area contributed by atoms with Crippen LogP contribution in [0.15, 0.2) is 88.3 Å². The summed E-state index contributed by atoms with van der Waals surface area (Å²) in [5.74, 6) is 0. The van der Waals surface area contributed by atoms with Gasteiger partial charge in [-0.25, -0.2) is 0 Å². The highest BCUT2D eigenvalue weighted by atomic mass is 79.9. The Labute approximate surface area is 150 Å². The maximum atomic E-state index is 4.95. The van der Waals surface area contributed by atoms with E-state index in [1.807, 2.05) is 12.1 Å². The van der Waals surface area contributed by atoms with Crippen LogP contribution in [0.4, 0.5) is 11.4 Å². The highest BCUT2D eigenvalue weighted by Gasteiger charge is 2.20. The van der Waals surface area contributed by atoms with Crippen molar-refractivity contribution in [2.24, 2.45) is 4.99 Å². The third-order valence-corrected chi connectivity index (χ3v) is 4.79. The SMILES string of the molecule is Brc1ccc(C2=Nc3ccccc3NC(c3ccccc3)C2)cc1. The van der Waals surface area contributed by atoms with E-state index in [1.54, 1.807) is 0 Å². The number of hydrogen-bond acceptors (Lipinski definition) is 2. The van der Waals surface area contributed by atoms with Crippen LogP contribution in [0.5, 0.6) is 0 Å². The second-order valence-electron chi connectivity index (χ2n) is 5.89. The van der Waals surface area contributed by atoms with Gasteiger partial charge >= 0.3 is 0 Å². The fourth-order valence-electron chi connectivity index (χ4n) is 3.03. The van der Waals surface area contributed by atoms with E-state index >= 15 is 0 Å². The van der Waals surface area contributed by atoms with Crippen LogP contribution in [0.25, 0.3) is 0 Å². The highest BCUT2D eigenvalue weighted by Crippen LogP contribution is 2.35. The molecule has 0 aliphatic carbocycles. The van der Waals surface area contributed by atoms with Gasteiger partial charge < -0.3 is 5.32 Å². The molecule has 1 aliphatic rings. The standard InChI is InChI=1S/C21H17BrN2/c22-17-12-10-16(11-13-17)21-14-20(15-6-2-1-3-7-15)23-18-8-4-5-9-19(18)24-21/h1-13,20,23H,14H2. The molecule has 0 aromatic heterocycles. The average Bonchev–Trinajstić information content (AvgIpc) is 2.83. The Kier molecular flexibility index (Phi) is 4.18. The zero-order chi connectivity index (χ0) is 16.4. The normalized spacial score (nSPS) is 16.5. The van der Waals surface area contributed by atoms with Crippen LogP contribution in [-0.2, 0) is 0 Å². The summed E-state index contributed by atoms with van der Waals surface area (Å²) in [6.07, 6.45) is 0.848. The molecule has 0 bridgehead atoms. The van der Waals surface area contributed by atoms with E-state index in [1.165, 1.54) is 5.56 Å². The molecule has 0 fully saturated rings. The minimum Gasteiger partial charge on any atom is -0.376 e. The van der Waals surface area contributed by atoms with E-state index in [-0.39, 0.29) is 6.04 Å². The number of hydrogen-bond donors (Lipinski definition) is 1. The molecule has 0 saturated carbocycles. The molecule has 24 heavy (non-hydrogen) atoms. The van der Waals surface area contributed by atoms with Crippen LogP contribution in [0.3, 0.4) is 0 Å². The van der Waals surface area contributed by atoms with Crippen LogP contribution in [0, 0.1) is 0 Å².